The lowest BCUT2D eigenvalue weighted by Crippen LogP contribution is -2.30. The second-order valence-corrected chi connectivity index (χ2v) is 5.53. The Kier molecular flexibility index (Phi) is 5.48. The zero-order valence-corrected chi connectivity index (χ0v) is 11.8. The molecule has 0 saturated carbocycles. The Balaban J connectivity index is 2.58. The molecule has 0 aliphatic carbocycles. The van der Waals surface area contributed by atoms with Gasteiger partial charge in [-0.2, -0.15) is 0 Å². The van der Waals surface area contributed by atoms with E-state index in [9.17, 15) is 9.90 Å². The van der Waals surface area contributed by atoms with Crippen LogP contribution in [-0.4, -0.2) is 22.9 Å². The zero-order valence-electron chi connectivity index (χ0n) is 11.0. The van der Waals surface area contributed by atoms with Crippen molar-refractivity contribution in [3.8, 4) is 5.75 Å². The van der Waals surface area contributed by atoms with Crippen LogP contribution in [0.5, 0.6) is 5.75 Å². The lowest BCUT2D eigenvalue weighted by molar-refractivity contribution is 0.0950. The van der Waals surface area contributed by atoms with Crippen molar-refractivity contribution in [2.75, 3.05) is 6.54 Å². The number of hydrogen-bond acceptors (Lipinski definition) is 2. The smallest absolute Gasteiger partial charge is 0.255 e. The van der Waals surface area contributed by atoms with E-state index in [0.717, 1.165) is 6.42 Å². The molecule has 2 N–H and O–H groups in total. The van der Waals surface area contributed by atoms with Crippen LogP contribution in [0.25, 0.3) is 0 Å². The summed E-state index contributed by atoms with van der Waals surface area (Å²) in [7, 11) is 0. The molecular formula is C14H20ClNO2. The Morgan fingerprint density at radius 2 is 2.11 bits per heavy atom. The Hall–Kier alpha value is -1.22. The third kappa shape index (κ3) is 4.22. The molecule has 0 radical (unpaired) electrons. The van der Waals surface area contributed by atoms with Crippen LogP contribution in [-0.2, 0) is 0 Å². The molecule has 100 valence electrons. The number of carbonyl (C=O) groups is 1. The van der Waals surface area contributed by atoms with E-state index in [1.165, 1.54) is 0 Å². The molecule has 0 spiro atoms. The van der Waals surface area contributed by atoms with Crippen LogP contribution >= 0.6 is 11.6 Å². The van der Waals surface area contributed by atoms with Crippen molar-refractivity contribution in [1.82, 2.24) is 5.32 Å². The number of alkyl halides is 1. The van der Waals surface area contributed by atoms with Gasteiger partial charge in [-0.3, -0.25) is 4.79 Å². The van der Waals surface area contributed by atoms with Gasteiger partial charge in [-0.05, 0) is 30.9 Å². The summed E-state index contributed by atoms with van der Waals surface area (Å²) >= 11 is 6.10. The van der Waals surface area contributed by atoms with Gasteiger partial charge in [0.05, 0.1) is 10.9 Å². The molecule has 4 heteroatoms. The number of rotatable bonds is 5. The van der Waals surface area contributed by atoms with E-state index >= 15 is 0 Å². The second kappa shape index (κ2) is 6.64. The molecule has 1 aromatic carbocycles. The van der Waals surface area contributed by atoms with Crippen molar-refractivity contribution in [1.29, 1.82) is 0 Å². The van der Waals surface area contributed by atoms with Gasteiger partial charge >= 0.3 is 0 Å². The van der Waals surface area contributed by atoms with Crippen LogP contribution in [0.3, 0.4) is 0 Å². The third-order valence-electron chi connectivity index (χ3n) is 2.69. The molecule has 18 heavy (non-hydrogen) atoms. The molecule has 3 nitrogen and oxygen atoms in total. The maximum absolute atomic E-state index is 11.9. The van der Waals surface area contributed by atoms with E-state index in [1.54, 1.807) is 25.1 Å². The Bertz CT molecular complexity index is 418. The zero-order chi connectivity index (χ0) is 13.7. The number of benzene rings is 1. The fourth-order valence-electron chi connectivity index (χ4n) is 1.74. The fraction of sp³-hybridized carbons (Fsp3) is 0.500. The molecular weight excluding hydrogens is 250 g/mol. The van der Waals surface area contributed by atoms with E-state index in [4.69, 9.17) is 11.6 Å². The van der Waals surface area contributed by atoms with Crippen LogP contribution in [0.1, 0.15) is 36.2 Å². The van der Waals surface area contributed by atoms with Gasteiger partial charge < -0.3 is 10.4 Å². The van der Waals surface area contributed by atoms with Crippen molar-refractivity contribution in [3.05, 3.63) is 29.3 Å². The van der Waals surface area contributed by atoms with Crippen molar-refractivity contribution < 1.29 is 9.90 Å². The molecule has 1 unspecified atom stereocenters. The molecule has 1 atom stereocenters. The minimum absolute atomic E-state index is 0.0324. The maximum Gasteiger partial charge on any atom is 0.255 e. The molecule has 0 heterocycles. The van der Waals surface area contributed by atoms with Crippen LogP contribution in [0.2, 0.25) is 0 Å². The van der Waals surface area contributed by atoms with E-state index in [1.807, 2.05) is 0 Å². The number of phenolic OH excluding ortho intramolecular Hbond substituents is 1. The molecule has 1 amide bonds. The van der Waals surface area contributed by atoms with Gasteiger partial charge in [-0.1, -0.05) is 26.0 Å². The minimum Gasteiger partial charge on any atom is -0.507 e. The topological polar surface area (TPSA) is 49.3 Å². The van der Waals surface area contributed by atoms with Gasteiger partial charge in [0.15, 0.2) is 0 Å². The predicted octanol–water partition coefficient (Wildman–Crippen LogP) is 3.08. The number of amides is 1. The second-order valence-electron chi connectivity index (χ2n) is 4.91. The molecule has 1 rings (SSSR count). The first-order valence-corrected chi connectivity index (χ1v) is 6.56. The first kappa shape index (κ1) is 14.8. The predicted molar refractivity (Wildman–Crippen MR) is 74.3 cm³/mol. The Morgan fingerprint density at radius 1 is 1.44 bits per heavy atom. The summed E-state index contributed by atoms with van der Waals surface area (Å²) in [6.07, 6.45) is 0.849. The number of nitrogens with one attached hydrogen (secondary N) is 1. The van der Waals surface area contributed by atoms with Gasteiger partial charge in [-0.25, -0.2) is 0 Å². The molecule has 0 aliphatic rings. The number of carbonyl (C=O) groups excluding carboxylic acids is 1. The van der Waals surface area contributed by atoms with Gasteiger partial charge in [0.2, 0.25) is 0 Å². The number of phenols is 1. The van der Waals surface area contributed by atoms with E-state index < -0.39 is 0 Å². The summed E-state index contributed by atoms with van der Waals surface area (Å²) in [5, 5.41) is 12.4. The monoisotopic (exact) mass is 269 g/mol. The normalized spacial score (nSPS) is 12.5. The SMILES string of the molecule is Cc1cccc(C(=O)NCC(Cl)CC(C)C)c1O. The average molecular weight is 270 g/mol. The summed E-state index contributed by atoms with van der Waals surface area (Å²) in [5.74, 6) is 0.243. The minimum atomic E-state index is -0.286. The van der Waals surface area contributed by atoms with Crippen molar-refractivity contribution >= 4 is 17.5 Å². The van der Waals surface area contributed by atoms with Gasteiger partial charge in [0.25, 0.3) is 5.91 Å². The van der Waals surface area contributed by atoms with E-state index in [-0.39, 0.29) is 17.0 Å². The lowest BCUT2D eigenvalue weighted by Gasteiger charge is -2.13. The van der Waals surface area contributed by atoms with Crippen LogP contribution in [0.4, 0.5) is 0 Å². The Labute approximate surface area is 113 Å². The number of hydrogen-bond donors (Lipinski definition) is 2. The van der Waals surface area contributed by atoms with Crippen molar-refractivity contribution in [2.45, 2.75) is 32.6 Å². The highest BCUT2D eigenvalue weighted by atomic mass is 35.5. The standard InChI is InChI=1S/C14H20ClNO2/c1-9(2)7-11(15)8-16-14(18)12-6-4-5-10(3)13(12)17/h4-6,9,11,17H,7-8H2,1-3H3,(H,16,18). The van der Waals surface area contributed by atoms with E-state index in [2.05, 4.69) is 19.2 Å². The Morgan fingerprint density at radius 3 is 2.72 bits per heavy atom. The summed E-state index contributed by atoms with van der Waals surface area (Å²) in [6.45, 7) is 6.34. The molecule has 0 aromatic heterocycles. The number of aromatic hydroxyl groups is 1. The summed E-state index contributed by atoms with van der Waals surface area (Å²) in [4.78, 5) is 11.9. The molecule has 0 bridgehead atoms. The molecule has 0 saturated heterocycles. The molecule has 0 aliphatic heterocycles. The van der Waals surface area contributed by atoms with Gasteiger partial charge in [0.1, 0.15) is 5.75 Å². The van der Waals surface area contributed by atoms with Gasteiger partial charge in [0, 0.05) is 6.54 Å². The highest BCUT2D eigenvalue weighted by molar-refractivity contribution is 6.21. The highest BCUT2D eigenvalue weighted by Gasteiger charge is 2.14. The maximum atomic E-state index is 11.9. The molecule has 0 fully saturated rings. The number of aryl methyl sites for hydroxylation is 1. The number of halogens is 1. The highest BCUT2D eigenvalue weighted by Crippen LogP contribution is 2.21. The van der Waals surface area contributed by atoms with Crippen LogP contribution in [0, 0.1) is 12.8 Å². The van der Waals surface area contributed by atoms with Gasteiger partial charge in [-0.15, -0.1) is 11.6 Å². The average Bonchev–Trinajstić information content (AvgIpc) is 2.29. The number of para-hydroxylation sites is 1. The summed E-state index contributed by atoms with van der Waals surface area (Å²) in [6, 6.07) is 5.11. The summed E-state index contributed by atoms with van der Waals surface area (Å²) < 4.78 is 0. The first-order chi connectivity index (χ1) is 8.41. The van der Waals surface area contributed by atoms with Crippen molar-refractivity contribution in [2.24, 2.45) is 5.92 Å². The third-order valence-corrected chi connectivity index (χ3v) is 3.03. The van der Waals surface area contributed by atoms with Crippen LogP contribution in [0.15, 0.2) is 18.2 Å². The van der Waals surface area contributed by atoms with Crippen LogP contribution < -0.4 is 5.32 Å². The largest absolute Gasteiger partial charge is 0.507 e. The first-order valence-electron chi connectivity index (χ1n) is 6.12. The lowest BCUT2D eigenvalue weighted by atomic mass is 10.1. The molecule has 1 aromatic rings. The van der Waals surface area contributed by atoms with E-state index in [0.29, 0.717) is 23.6 Å². The fourth-order valence-corrected chi connectivity index (χ4v) is 2.17. The van der Waals surface area contributed by atoms with Crippen molar-refractivity contribution in [3.63, 3.8) is 0 Å². The summed E-state index contributed by atoms with van der Waals surface area (Å²) in [5.41, 5.74) is 0.982. The quantitative estimate of drug-likeness (QED) is 0.807.